The fourth-order valence-electron chi connectivity index (χ4n) is 8.14. The summed E-state index contributed by atoms with van der Waals surface area (Å²) in [5, 5.41) is 0. The zero-order chi connectivity index (χ0) is 30.7. The molecule has 4 nitrogen and oxygen atoms in total. The maximum Gasteiger partial charge on any atom is 0.286 e. The molecule has 42 heavy (non-hydrogen) atoms. The van der Waals surface area contributed by atoms with Crippen molar-refractivity contribution in [2.75, 3.05) is 6.61 Å². The van der Waals surface area contributed by atoms with Crippen LogP contribution in [0.3, 0.4) is 0 Å². The number of benzene rings is 1. The van der Waals surface area contributed by atoms with Crippen LogP contribution in [0.2, 0.25) is 0 Å². The largest absolute Gasteiger partial charge is 0.499 e. The SMILES string of the molecule is CCCCC1CCC(C)(c2cc(-c3ccccc3C(C)(C3CC3)C(C)OC(C)C=C(C)OCC)[n+](C)cn2)CC1(C)C. The van der Waals surface area contributed by atoms with E-state index >= 15 is 0 Å². The van der Waals surface area contributed by atoms with Crippen molar-refractivity contribution in [1.82, 2.24) is 4.98 Å². The summed E-state index contributed by atoms with van der Waals surface area (Å²) in [6.07, 6.45) is 14.4. The first kappa shape index (κ1) is 32.7. The van der Waals surface area contributed by atoms with Crippen molar-refractivity contribution in [2.45, 2.75) is 137 Å². The highest BCUT2D eigenvalue weighted by Crippen LogP contribution is 2.54. The standard InChI is InChI=1S/C38H59N2O2/c1-11-13-16-30-21-22-37(8,25-36(30,6)7)35-24-34(40(10)26-39-35)32-17-14-15-18-33(32)38(9,31-19-20-31)29(5)42-28(4)23-27(3)41-12-2/h14-15,17-18,23-24,26,28-31H,11-13,16,19-22,25H2,1-10H3/q+1. The number of aromatic nitrogens is 2. The van der Waals surface area contributed by atoms with Gasteiger partial charge in [0, 0.05) is 22.5 Å². The smallest absolute Gasteiger partial charge is 0.286 e. The highest BCUT2D eigenvalue weighted by Gasteiger charge is 2.49. The Hall–Kier alpha value is -2.20. The first-order valence-electron chi connectivity index (χ1n) is 16.8. The van der Waals surface area contributed by atoms with Crippen molar-refractivity contribution in [3.8, 4) is 11.3 Å². The van der Waals surface area contributed by atoms with Crippen LogP contribution in [0, 0.1) is 17.3 Å². The molecule has 4 rings (SSSR count). The molecule has 2 fully saturated rings. The maximum absolute atomic E-state index is 6.73. The fraction of sp³-hybridized carbons (Fsp3) is 0.684. The Bertz CT molecular complexity index is 1230. The van der Waals surface area contributed by atoms with Gasteiger partial charge in [-0.05, 0) is 95.1 Å². The summed E-state index contributed by atoms with van der Waals surface area (Å²) in [4.78, 5) is 5.09. The van der Waals surface area contributed by atoms with E-state index < -0.39 is 0 Å². The van der Waals surface area contributed by atoms with Crippen LogP contribution in [0.5, 0.6) is 0 Å². The molecule has 0 spiro atoms. The molecule has 2 saturated carbocycles. The molecule has 0 aliphatic heterocycles. The number of aryl methyl sites for hydroxylation is 1. The van der Waals surface area contributed by atoms with Crippen molar-refractivity contribution in [3.05, 3.63) is 59.8 Å². The summed E-state index contributed by atoms with van der Waals surface area (Å²) in [6, 6.07) is 11.5. The third kappa shape index (κ3) is 6.95. The van der Waals surface area contributed by atoms with Crippen LogP contribution in [0.15, 0.2) is 48.5 Å². The van der Waals surface area contributed by atoms with E-state index in [9.17, 15) is 0 Å². The van der Waals surface area contributed by atoms with E-state index in [0.29, 0.717) is 17.9 Å². The van der Waals surface area contributed by atoms with Gasteiger partial charge in [0.05, 0.1) is 31.6 Å². The Morgan fingerprint density at radius 1 is 1.14 bits per heavy atom. The van der Waals surface area contributed by atoms with E-state index in [1.165, 1.54) is 73.9 Å². The third-order valence-electron chi connectivity index (χ3n) is 10.9. The molecule has 0 saturated heterocycles. The lowest BCUT2D eigenvalue weighted by atomic mass is 9.57. The van der Waals surface area contributed by atoms with E-state index in [4.69, 9.17) is 14.5 Å². The summed E-state index contributed by atoms with van der Waals surface area (Å²) >= 11 is 0. The topological polar surface area (TPSA) is 35.2 Å². The summed E-state index contributed by atoms with van der Waals surface area (Å²) in [6.45, 7) is 21.3. The predicted molar refractivity (Wildman–Crippen MR) is 174 cm³/mol. The van der Waals surface area contributed by atoms with E-state index in [2.05, 4.69) is 103 Å². The van der Waals surface area contributed by atoms with E-state index in [1.54, 1.807) is 0 Å². The van der Waals surface area contributed by atoms with Gasteiger partial charge in [0.15, 0.2) is 5.69 Å². The molecule has 1 aromatic heterocycles. The van der Waals surface area contributed by atoms with Gasteiger partial charge in [-0.1, -0.05) is 76.7 Å². The Balaban J connectivity index is 1.69. The zero-order valence-corrected chi connectivity index (χ0v) is 28.4. The average Bonchev–Trinajstić information content (AvgIpc) is 3.78. The summed E-state index contributed by atoms with van der Waals surface area (Å²) in [5.74, 6) is 2.35. The number of hydrogen-bond donors (Lipinski definition) is 0. The summed E-state index contributed by atoms with van der Waals surface area (Å²) in [7, 11) is 2.15. The molecule has 0 amide bonds. The minimum atomic E-state index is -0.0993. The second kappa shape index (κ2) is 13.2. The summed E-state index contributed by atoms with van der Waals surface area (Å²) in [5.41, 5.74) is 5.50. The second-order valence-electron chi connectivity index (χ2n) is 14.7. The lowest BCUT2D eigenvalue weighted by Gasteiger charge is -2.47. The molecule has 2 aliphatic carbocycles. The van der Waals surface area contributed by atoms with Crippen molar-refractivity contribution in [1.29, 1.82) is 0 Å². The van der Waals surface area contributed by atoms with E-state index in [0.717, 1.165) is 11.7 Å². The van der Waals surface area contributed by atoms with Crippen molar-refractivity contribution in [3.63, 3.8) is 0 Å². The number of allylic oxidation sites excluding steroid dienone is 1. The van der Waals surface area contributed by atoms with Crippen LogP contribution in [-0.4, -0.2) is 23.8 Å². The van der Waals surface area contributed by atoms with E-state index in [-0.39, 0.29) is 23.0 Å². The second-order valence-corrected chi connectivity index (χ2v) is 14.7. The van der Waals surface area contributed by atoms with Crippen LogP contribution in [0.4, 0.5) is 0 Å². The molecule has 2 aliphatic rings. The molecule has 0 N–H and O–H groups in total. The molecule has 1 aromatic carbocycles. The molecule has 4 heteroatoms. The Morgan fingerprint density at radius 3 is 2.50 bits per heavy atom. The molecule has 1 heterocycles. The van der Waals surface area contributed by atoms with Gasteiger partial charge in [0.25, 0.3) is 6.33 Å². The monoisotopic (exact) mass is 575 g/mol. The molecule has 232 valence electrons. The number of ether oxygens (including phenoxy) is 2. The molecular formula is C38H59N2O2+. The lowest BCUT2D eigenvalue weighted by molar-refractivity contribution is -0.663. The highest BCUT2D eigenvalue weighted by molar-refractivity contribution is 5.64. The van der Waals surface area contributed by atoms with Gasteiger partial charge in [-0.25, -0.2) is 4.57 Å². The molecule has 0 radical (unpaired) electrons. The van der Waals surface area contributed by atoms with Crippen LogP contribution in [0.1, 0.15) is 125 Å². The predicted octanol–water partition coefficient (Wildman–Crippen LogP) is 9.25. The van der Waals surface area contributed by atoms with Gasteiger partial charge in [0.1, 0.15) is 5.69 Å². The molecule has 2 aromatic rings. The fourth-order valence-corrected chi connectivity index (χ4v) is 8.14. The normalized spacial score (nSPS) is 25.5. The lowest BCUT2D eigenvalue weighted by Crippen LogP contribution is -2.43. The van der Waals surface area contributed by atoms with Crippen molar-refractivity contribution >= 4 is 0 Å². The minimum Gasteiger partial charge on any atom is -0.499 e. The Morgan fingerprint density at radius 2 is 1.86 bits per heavy atom. The van der Waals surface area contributed by atoms with Crippen LogP contribution < -0.4 is 4.57 Å². The molecular weight excluding hydrogens is 516 g/mol. The van der Waals surface area contributed by atoms with Gasteiger partial charge in [-0.3, -0.25) is 0 Å². The zero-order valence-electron chi connectivity index (χ0n) is 28.4. The average molecular weight is 576 g/mol. The number of rotatable bonds is 13. The molecule has 5 atom stereocenters. The van der Waals surface area contributed by atoms with Gasteiger partial charge in [0.2, 0.25) is 0 Å². The number of unbranched alkanes of at least 4 members (excludes halogenated alkanes) is 1. The third-order valence-corrected chi connectivity index (χ3v) is 10.9. The van der Waals surface area contributed by atoms with E-state index in [1.807, 2.05) is 13.8 Å². The van der Waals surface area contributed by atoms with Gasteiger partial charge in [-0.2, -0.15) is 0 Å². The van der Waals surface area contributed by atoms with Gasteiger partial charge < -0.3 is 9.47 Å². The maximum atomic E-state index is 6.73. The quantitative estimate of drug-likeness (QED) is 0.176. The highest BCUT2D eigenvalue weighted by atomic mass is 16.5. The van der Waals surface area contributed by atoms with Crippen molar-refractivity contribution in [2.24, 2.45) is 24.3 Å². The number of hydrogen-bond acceptors (Lipinski definition) is 3. The Labute approximate surface area is 257 Å². The molecule has 5 unspecified atom stereocenters. The van der Waals surface area contributed by atoms with Gasteiger partial charge >= 0.3 is 0 Å². The minimum absolute atomic E-state index is 0.0174. The summed E-state index contributed by atoms with van der Waals surface area (Å²) < 4.78 is 14.6. The first-order chi connectivity index (χ1) is 19.9. The van der Waals surface area contributed by atoms with Gasteiger partial charge in [-0.15, -0.1) is 0 Å². The van der Waals surface area contributed by atoms with Crippen LogP contribution in [0.25, 0.3) is 11.3 Å². The Kier molecular flexibility index (Phi) is 10.3. The van der Waals surface area contributed by atoms with Crippen molar-refractivity contribution < 1.29 is 14.0 Å². The van der Waals surface area contributed by atoms with Crippen LogP contribution in [-0.2, 0) is 27.4 Å². The first-order valence-corrected chi connectivity index (χ1v) is 16.8. The molecule has 0 bridgehead atoms. The van der Waals surface area contributed by atoms with Crippen LogP contribution >= 0.6 is 0 Å². The number of nitrogens with zero attached hydrogens (tertiary/aromatic N) is 2.